The van der Waals surface area contributed by atoms with Gasteiger partial charge in [-0.3, -0.25) is 0 Å². The Labute approximate surface area is 146 Å². The Morgan fingerprint density at radius 2 is 1.60 bits per heavy atom. The van der Waals surface area contributed by atoms with Gasteiger partial charge in [-0.2, -0.15) is 0 Å². The minimum absolute atomic E-state index is 0.365. The normalized spacial score (nSPS) is 10.3. The maximum atomic E-state index is 11.8. The van der Waals surface area contributed by atoms with Gasteiger partial charge in [-0.25, -0.2) is 4.79 Å². The smallest absolute Gasteiger partial charge is 0.339 e. The molecule has 0 aromatic heterocycles. The maximum absolute atomic E-state index is 11.8. The molecule has 0 heterocycles. The topological polar surface area (TPSA) is 61.5 Å². The number of anilines is 1. The van der Waals surface area contributed by atoms with Crippen molar-refractivity contribution in [2.75, 3.05) is 12.8 Å². The second kappa shape index (κ2) is 7.53. The van der Waals surface area contributed by atoms with Crippen molar-refractivity contribution < 1.29 is 14.3 Å². The number of ether oxygens (including phenoxy) is 2. The van der Waals surface area contributed by atoms with Gasteiger partial charge < -0.3 is 15.2 Å². The minimum Gasteiger partial charge on any atom is -0.489 e. The first-order valence-electron chi connectivity index (χ1n) is 7.92. The molecule has 4 heteroatoms. The Balaban J connectivity index is 1.75. The average molecular weight is 333 g/mol. The minimum atomic E-state index is -0.442. The van der Waals surface area contributed by atoms with Gasteiger partial charge in [-0.1, -0.05) is 48.5 Å². The summed E-state index contributed by atoms with van der Waals surface area (Å²) in [6.45, 7) is 0.522. The highest BCUT2D eigenvalue weighted by molar-refractivity contribution is 5.96. The van der Waals surface area contributed by atoms with Gasteiger partial charge in [0.15, 0.2) is 0 Å². The van der Waals surface area contributed by atoms with Crippen LogP contribution in [0.3, 0.4) is 0 Å². The van der Waals surface area contributed by atoms with E-state index in [0.717, 1.165) is 22.4 Å². The first kappa shape index (κ1) is 16.6. The van der Waals surface area contributed by atoms with Crippen LogP contribution in [-0.2, 0) is 11.3 Å². The molecule has 3 aromatic rings. The lowest BCUT2D eigenvalue weighted by Gasteiger charge is -2.09. The highest BCUT2D eigenvalue weighted by Gasteiger charge is 2.11. The van der Waals surface area contributed by atoms with E-state index in [9.17, 15) is 4.79 Å². The van der Waals surface area contributed by atoms with Crippen LogP contribution in [-0.4, -0.2) is 13.1 Å². The molecule has 0 aliphatic carbocycles. The maximum Gasteiger partial charge on any atom is 0.339 e. The van der Waals surface area contributed by atoms with Gasteiger partial charge in [0, 0.05) is 5.69 Å². The van der Waals surface area contributed by atoms with Gasteiger partial charge in [-0.15, -0.1) is 0 Å². The van der Waals surface area contributed by atoms with E-state index < -0.39 is 5.97 Å². The lowest BCUT2D eigenvalue weighted by molar-refractivity contribution is 0.0602. The van der Waals surface area contributed by atoms with Crippen LogP contribution in [0.1, 0.15) is 15.9 Å². The van der Waals surface area contributed by atoms with Gasteiger partial charge in [0.25, 0.3) is 0 Å². The molecule has 0 saturated heterocycles. The fourth-order valence-corrected chi connectivity index (χ4v) is 2.51. The first-order chi connectivity index (χ1) is 12.2. The molecule has 0 saturated carbocycles. The third kappa shape index (κ3) is 3.98. The molecule has 0 aliphatic rings. The summed E-state index contributed by atoms with van der Waals surface area (Å²) in [6.07, 6.45) is 0. The zero-order chi connectivity index (χ0) is 17.6. The second-order valence-electron chi connectivity index (χ2n) is 5.59. The second-order valence-corrected chi connectivity index (χ2v) is 5.59. The van der Waals surface area contributed by atoms with Crippen molar-refractivity contribution in [1.82, 2.24) is 0 Å². The van der Waals surface area contributed by atoms with Crippen LogP contribution in [0.2, 0.25) is 0 Å². The van der Waals surface area contributed by atoms with Crippen molar-refractivity contribution in [2.45, 2.75) is 6.61 Å². The van der Waals surface area contributed by atoms with Crippen molar-refractivity contribution in [3.8, 4) is 16.9 Å². The Morgan fingerprint density at radius 1 is 0.920 bits per heavy atom. The van der Waals surface area contributed by atoms with Crippen LogP contribution in [0, 0.1) is 0 Å². The summed E-state index contributed by atoms with van der Waals surface area (Å²) < 4.78 is 10.5. The lowest BCUT2D eigenvalue weighted by atomic mass is 10.0. The van der Waals surface area contributed by atoms with Crippen LogP contribution in [0.15, 0.2) is 72.8 Å². The summed E-state index contributed by atoms with van der Waals surface area (Å²) >= 11 is 0. The average Bonchev–Trinajstić information content (AvgIpc) is 2.67. The fraction of sp³-hybridized carbons (Fsp3) is 0.0952. The van der Waals surface area contributed by atoms with E-state index in [2.05, 4.69) is 0 Å². The molecule has 0 spiro atoms. The molecule has 2 N–H and O–H groups in total. The molecule has 0 amide bonds. The Bertz CT molecular complexity index is 858. The van der Waals surface area contributed by atoms with Gasteiger partial charge >= 0.3 is 5.97 Å². The number of rotatable bonds is 5. The summed E-state index contributed by atoms with van der Waals surface area (Å²) in [6, 6.07) is 23.0. The molecule has 25 heavy (non-hydrogen) atoms. The largest absolute Gasteiger partial charge is 0.489 e. The van der Waals surface area contributed by atoms with Crippen molar-refractivity contribution in [2.24, 2.45) is 0 Å². The monoisotopic (exact) mass is 333 g/mol. The standard InChI is InChI=1S/C21H19NO3/c1-24-21(23)19-13-17(9-12-20(19)22)16-7-10-18(11-8-16)25-14-15-5-3-2-4-6-15/h2-13H,14,22H2,1H3. The summed E-state index contributed by atoms with van der Waals surface area (Å²) in [7, 11) is 1.34. The van der Waals surface area contributed by atoms with Crippen LogP contribution in [0.5, 0.6) is 5.75 Å². The molecule has 0 aliphatic heterocycles. The number of nitrogen functional groups attached to an aromatic ring is 1. The molecular formula is C21H19NO3. The summed E-state index contributed by atoms with van der Waals surface area (Å²) in [5.74, 6) is 0.346. The van der Waals surface area contributed by atoms with Gasteiger partial charge in [0.05, 0.1) is 12.7 Å². The molecule has 0 unspecified atom stereocenters. The van der Waals surface area contributed by atoms with E-state index in [0.29, 0.717) is 17.9 Å². The molecule has 3 aromatic carbocycles. The van der Waals surface area contributed by atoms with Crippen LogP contribution in [0.4, 0.5) is 5.69 Å². The van der Waals surface area contributed by atoms with Crippen molar-refractivity contribution in [3.05, 3.63) is 83.9 Å². The molecule has 3 rings (SSSR count). The van der Waals surface area contributed by atoms with Gasteiger partial charge in [-0.05, 0) is 41.0 Å². The zero-order valence-electron chi connectivity index (χ0n) is 13.9. The van der Waals surface area contributed by atoms with E-state index in [1.165, 1.54) is 7.11 Å². The number of carbonyl (C=O) groups is 1. The Kier molecular flexibility index (Phi) is 5.00. The predicted octanol–water partition coefficient (Wildman–Crippen LogP) is 4.30. The van der Waals surface area contributed by atoms with Crippen LogP contribution < -0.4 is 10.5 Å². The van der Waals surface area contributed by atoms with E-state index in [4.69, 9.17) is 15.2 Å². The molecule has 0 fully saturated rings. The third-order valence-corrected chi connectivity index (χ3v) is 3.89. The number of methoxy groups -OCH3 is 1. The summed E-state index contributed by atoms with van der Waals surface area (Å²) in [5.41, 5.74) is 9.59. The molecule has 126 valence electrons. The van der Waals surface area contributed by atoms with E-state index >= 15 is 0 Å². The lowest BCUT2D eigenvalue weighted by Crippen LogP contribution is -2.05. The molecule has 0 atom stereocenters. The van der Waals surface area contributed by atoms with Crippen LogP contribution >= 0.6 is 0 Å². The molecule has 4 nitrogen and oxygen atoms in total. The fourth-order valence-electron chi connectivity index (χ4n) is 2.51. The van der Waals surface area contributed by atoms with Crippen molar-refractivity contribution in [3.63, 3.8) is 0 Å². The highest BCUT2D eigenvalue weighted by Crippen LogP contribution is 2.26. The van der Waals surface area contributed by atoms with Gasteiger partial charge in [0.2, 0.25) is 0 Å². The SMILES string of the molecule is COC(=O)c1cc(-c2ccc(OCc3ccccc3)cc2)ccc1N. The number of nitrogens with two attached hydrogens (primary N) is 1. The predicted molar refractivity (Wildman–Crippen MR) is 98.4 cm³/mol. The molecule has 0 bridgehead atoms. The molecular weight excluding hydrogens is 314 g/mol. The first-order valence-corrected chi connectivity index (χ1v) is 7.92. The Morgan fingerprint density at radius 3 is 2.28 bits per heavy atom. The van der Waals surface area contributed by atoms with Gasteiger partial charge in [0.1, 0.15) is 12.4 Å². The van der Waals surface area contributed by atoms with Crippen LogP contribution in [0.25, 0.3) is 11.1 Å². The number of carbonyl (C=O) groups excluding carboxylic acids is 1. The zero-order valence-corrected chi connectivity index (χ0v) is 13.9. The summed E-state index contributed by atoms with van der Waals surface area (Å²) in [5, 5.41) is 0. The van der Waals surface area contributed by atoms with Crippen molar-refractivity contribution >= 4 is 11.7 Å². The number of hydrogen-bond acceptors (Lipinski definition) is 4. The van der Waals surface area contributed by atoms with E-state index in [1.807, 2.05) is 60.7 Å². The summed E-state index contributed by atoms with van der Waals surface area (Å²) in [4.78, 5) is 11.8. The number of hydrogen-bond donors (Lipinski definition) is 1. The highest BCUT2D eigenvalue weighted by atomic mass is 16.5. The molecule has 0 radical (unpaired) electrons. The van der Waals surface area contributed by atoms with E-state index in [-0.39, 0.29) is 0 Å². The van der Waals surface area contributed by atoms with Crippen molar-refractivity contribution in [1.29, 1.82) is 0 Å². The Hall–Kier alpha value is -3.27. The number of benzene rings is 3. The third-order valence-electron chi connectivity index (χ3n) is 3.89. The van der Waals surface area contributed by atoms with E-state index in [1.54, 1.807) is 12.1 Å². The quantitative estimate of drug-likeness (QED) is 0.558. The number of esters is 1.